The zero-order valence-corrected chi connectivity index (χ0v) is 14.5. The van der Waals surface area contributed by atoms with E-state index in [1.165, 1.54) is 32.1 Å². The van der Waals surface area contributed by atoms with Crippen molar-refractivity contribution in [3.63, 3.8) is 0 Å². The van der Waals surface area contributed by atoms with E-state index >= 15 is 0 Å². The Morgan fingerprint density at radius 2 is 2.08 bits per heavy atom. The first-order chi connectivity index (χ1) is 11.6. The van der Waals surface area contributed by atoms with E-state index in [9.17, 15) is 4.79 Å². The van der Waals surface area contributed by atoms with Gasteiger partial charge in [-0.1, -0.05) is 42.9 Å². The molecule has 0 bridgehead atoms. The Labute approximate surface area is 145 Å². The van der Waals surface area contributed by atoms with E-state index in [0.29, 0.717) is 24.6 Å². The van der Waals surface area contributed by atoms with Gasteiger partial charge in [-0.05, 0) is 31.3 Å². The first-order valence-electron chi connectivity index (χ1n) is 8.95. The van der Waals surface area contributed by atoms with Crippen molar-refractivity contribution in [3.05, 3.63) is 30.5 Å². The maximum atomic E-state index is 12.2. The van der Waals surface area contributed by atoms with Gasteiger partial charge < -0.3 is 14.8 Å². The van der Waals surface area contributed by atoms with Crippen LogP contribution in [0.3, 0.4) is 0 Å². The molecule has 2 aromatic rings. The molecule has 0 unspecified atom stereocenters. The van der Waals surface area contributed by atoms with Crippen LogP contribution in [0.4, 0.5) is 0 Å². The number of aromatic nitrogens is 1. The summed E-state index contributed by atoms with van der Waals surface area (Å²) in [7, 11) is 8.21. The molecule has 1 N–H and O–H groups in total. The average molecular weight is 323 g/mol. The number of nitrogens with one attached hydrogen (secondary N) is 1. The highest BCUT2D eigenvalue weighted by Crippen LogP contribution is 2.21. The van der Waals surface area contributed by atoms with Crippen LogP contribution in [0.25, 0.3) is 10.9 Å². The van der Waals surface area contributed by atoms with Crippen molar-refractivity contribution >= 4 is 30.1 Å². The van der Waals surface area contributed by atoms with E-state index in [1.54, 1.807) is 0 Å². The Morgan fingerprint density at radius 1 is 1.29 bits per heavy atom. The molecule has 1 amide bonds. The van der Waals surface area contributed by atoms with E-state index < -0.39 is 0 Å². The molecule has 0 spiro atoms. The van der Waals surface area contributed by atoms with Crippen LogP contribution in [0.1, 0.15) is 32.1 Å². The Hall–Kier alpha value is -1.75. The van der Waals surface area contributed by atoms with Crippen LogP contribution in [0.15, 0.2) is 30.5 Å². The van der Waals surface area contributed by atoms with Gasteiger partial charge in [-0.25, -0.2) is 0 Å². The van der Waals surface area contributed by atoms with Gasteiger partial charge in [-0.15, -0.1) is 0 Å². The lowest BCUT2D eigenvalue weighted by molar-refractivity contribution is -0.121. The standard InChI is InChI=1S/C19H26BN3O/c1-22(16-7-3-2-4-8-16)13-11-21-18(24)14-23-12-10-15-6-5-9-17(20)19(15)23/h5-6,9-10,12,16H,2-4,7-8,11,13-14H2,1H3,(H,21,24). The van der Waals surface area contributed by atoms with Crippen LogP contribution in [0, 0.1) is 0 Å². The summed E-state index contributed by atoms with van der Waals surface area (Å²) in [6.45, 7) is 1.91. The molecule has 1 aromatic carbocycles. The molecule has 0 saturated heterocycles. The summed E-state index contributed by atoms with van der Waals surface area (Å²) in [5, 5.41) is 4.10. The topological polar surface area (TPSA) is 37.3 Å². The fourth-order valence-corrected chi connectivity index (χ4v) is 3.71. The number of carbonyl (C=O) groups excluding carboxylic acids is 1. The predicted molar refractivity (Wildman–Crippen MR) is 99.8 cm³/mol. The van der Waals surface area contributed by atoms with Crippen LogP contribution in [0.5, 0.6) is 0 Å². The molecule has 5 heteroatoms. The van der Waals surface area contributed by atoms with Gasteiger partial charge in [0.1, 0.15) is 14.4 Å². The van der Waals surface area contributed by atoms with Gasteiger partial charge in [-0.3, -0.25) is 4.79 Å². The highest BCUT2D eigenvalue weighted by Gasteiger charge is 2.17. The van der Waals surface area contributed by atoms with Gasteiger partial charge in [0.2, 0.25) is 5.91 Å². The van der Waals surface area contributed by atoms with Crippen LogP contribution >= 0.6 is 0 Å². The molecule has 1 aliphatic carbocycles. The number of para-hydroxylation sites is 1. The lowest BCUT2D eigenvalue weighted by Gasteiger charge is -2.31. The quantitative estimate of drug-likeness (QED) is 0.824. The smallest absolute Gasteiger partial charge is 0.239 e. The Kier molecular flexibility index (Phi) is 5.61. The minimum absolute atomic E-state index is 0.0350. The summed E-state index contributed by atoms with van der Waals surface area (Å²) in [4.78, 5) is 14.6. The van der Waals surface area contributed by atoms with Crippen LogP contribution in [-0.2, 0) is 11.3 Å². The predicted octanol–water partition coefficient (Wildman–Crippen LogP) is 1.82. The zero-order chi connectivity index (χ0) is 16.9. The molecule has 24 heavy (non-hydrogen) atoms. The second-order valence-corrected chi connectivity index (χ2v) is 6.85. The minimum Gasteiger partial charge on any atom is -0.353 e. The van der Waals surface area contributed by atoms with Crippen molar-refractivity contribution in [1.29, 1.82) is 0 Å². The summed E-state index contributed by atoms with van der Waals surface area (Å²) in [6, 6.07) is 8.50. The molecule has 126 valence electrons. The number of fused-ring (bicyclic) bond motifs is 1. The lowest BCUT2D eigenvalue weighted by atomic mass is 9.94. The number of hydrogen-bond donors (Lipinski definition) is 1. The van der Waals surface area contributed by atoms with Gasteiger partial charge in [0.25, 0.3) is 0 Å². The first-order valence-corrected chi connectivity index (χ1v) is 8.95. The molecular weight excluding hydrogens is 297 g/mol. The fraction of sp³-hybridized carbons (Fsp3) is 0.526. The molecule has 1 aromatic heterocycles. The van der Waals surface area contributed by atoms with Crippen molar-refractivity contribution in [3.8, 4) is 0 Å². The van der Waals surface area contributed by atoms with Crippen LogP contribution in [0.2, 0.25) is 0 Å². The molecule has 2 radical (unpaired) electrons. The molecule has 4 nitrogen and oxygen atoms in total. The van der Waals surface area contributed by atoms with Gasteiger partial charge >= 0.3 is 0 Å². The van der Waals surface area contributed by atoms with E-state index in [0.717, 1.165) is 17.4 Å². The second-order valence-electron chi connectivity index (χ2n) is 6.85. The molecule has 0 aliphatic heterocycles. The number of hydrogen-bond acceptors (Lipinski definition) is 2. The third-order valence-corrected chi connectivity index (χ3v) is 5.12. The Morgan fingerprint density at radius 3 is 2.88 bits per heavy atom. The number of likely N-dealkylation sites (N-methyl/N-ethyl adjacent to an activating group) is 1. The van der Waals surface area contributed by atoms with Crippen LogP contribution in [-0.4, -0.2) is 49.4 Å². The molecule has 1 fully saturated rings. The fourth-order valence-electron chi connectivity index (χ4n) is 3.71. The monoisotopic (exact) mass is 323 g/mol. The summed E-state index contributed by atoms with van der Waals surface area (Å²) in [5.41, 5.74) is 1.65. The summed E-state index contributed by atoms with van der Waals surface area (Å²) >= 11 is 0. The number of benzene rings is 1. The third kappa shape index (κ3) is 4.01. The molecule has 0 atom stereocenters. The number of rotatable bonds is 6. The maximum absolute atomic E-state index is 12.2. The van der Waals surface area contributed by atoms with Gasteiger partial charge in [0.15, 0.2) is 0 Å². The third-order valence-electron chi connectivity index (χ3n) is 5.12. The first kappa shape index (κ1) is 17.1. The maximum Gasteiger partial charge on any atom is 0.239 e. The van der Waals surface area contributed by atoms with E-state index in [2.05, 4.69) is 17.3 Å². The van der Waals surface area contributed by atoms with Crippen molar-refractivity contribution in [2.24, 2.45) is 0 Å². The van der Waals surface area contributed by atoms with Crippen molar-refractivity contribution in [1.82, 2.24) is 14.8 Å². The average Bonchev–Trinajstić information content (AvgIpc) is 3.00. The number of nitrogens with zero attached hydrogens (tertiary/aromatic N) is 2. The number of carbonyl (C=O) groups is 1. The van der Waals surface area contributed by atoms with Crippen molar-refractivity contribution in [2.75, 3.05) is 20.1 Å². The molecule has 1 heterocycles. The molecule has 3 rings (SSSR count). The van der Waals surface area contributed by atoms with Crippen LogP contribution < -0.4 is 10.8 Å². The van der Waals surface area contributed by atoms with E-state index in [-0.39, 0.29) is 5.91 Å². The SMILES string of the molecule is [B]c1cccc2ccn(CC(=O)NCCN(C)C3CCCCC3)c12. The largest absolute Gasteiger partial charge is 0.353 e. The Bertz CT molecular complexity index is 691. The van der Waals surface area contributed by atoms with E-state index in [4.69, 9.17) is 7.85 Å². The van der Waals surface area contributed by atoms with Gasteiger partial charge in [0, 0.05) is 30.8 Å². The zero-order valence-electron chi connectivity index (χ0n) is 14.5. The summed E-state index contributed by atoms with van der Waals surface area (Å²) < 4.78 is 1.92. The van der Waals surface area contributed by atoms with E-state index in [1.807, 2.05) is 35.0 Å². The van der Waals surface area contributed by atoms with Gasteiger partial charge in [0.05, 0.1) is 0 Å². The Balaban J connectivity index is 1.48. The summed E-state index contributed by atoms with van der Waals surface area (Å²) in [6.07, 6.45) is 8.55. The minimum atomic E-state index is 0.0350. The second kappa shape index (κ2) is 7.89. The molecule has 1 saturated carbocycles. The van der Waals surface area contributed by atoms with Crippen molar-refractivity contribution < 1.29 is 4.79 Å². The molecular formula is C19H26BN3O. The van der Waals surface area contributed by atoms with Crippen molar-refractivity contribution in [2.45, 2.75) is 44.7 Å². The van der Waals surface area contributed by atoms with Gasteiger partial charge in [-0.2, -0.15) is 0 Å². The highest BCUT2D eigenvalue weighted by molar-refractivity contribution is 6.38. The summed E-state index contributed by atoms with van der Waals surface area (Å²) in [5.74, 6) is 0.0350. The molecule has 1 aliphatic rings. The highest BCUT2D eigenvalue weighted by atomic mass is 16.1. The lowest BCUT2D eigenvalue weighted by Crippen LogP contribution is -2.40. The normalized spacial score (nSPS) is 15.9. The number of amides is 1.